The van der Waals surface area contributed by atoms with Crippen LogP contribution in [0.25, 0.3) is 0 Å². The molecule has 4 atom stereocenters. The fourth-order valence-corrected chi connectivity index (χ4v) is 6.29. The maximum absolute atomic E-state index is 9.02. The average molecular weight is 333 g/mol. The lowest BCUT2D eigenvalue weighted by atomic mass is 9.46. The number of allylic oxidation sites excluding steroid dienone is 1. The van der Waals surface area contributed by atoms with Gasteiger partial charge in [-0.15, -0.1) is 0 Å². The Morgan fingerprint density at radius 3 is 2.58 bits per heavy atom. The minimum absolute atomic E-state index is 0.0879. The third kappa shape index (κ3) is 2.61. The van der Waals surface area contributed by atoms with Crippen LogP contribution in [0, 0.1) is 16.7 Å². The molecule has 0 radical (unpaired) electrons. The zero-order valence-corrected chi connectivity index (χ0v) is 16.3. The largest absolute Gasteiger partial charge is 0.392 e. The monoisotopic (exact) mass is 332 g/mol. The lowest BCUT2D eigenvalue weighted by Gasteiger charge is -2.61. The van der Waals surface area contributed by atoms with E-state index in [1.807, 2.05) is 6.08 Å². The lowest BCUT2D eigenvalue weighted by molar-refractivity contribution is -0.187. The zero-order chi connectivity index (χ0) is 17.6. The molecule has 0 unspecified atom stereocenters. The van der Waals surface area contributed by atoms with Crippen molar-refractivity contribution in [3.63, 3.8) is 0 Å². The lowest BCUT2D eigenvalue weighted by Crippen LogP contribution is -2.59. The Labute approximate surface area is 148 Å². The van der Waals surface area contributed by atoms with Crippen LogP contribution in [-0.2, 0) is 4.74 Å². The van der Waals surface area contributed by atoms with Gasteiger partial charge in [-0.3, -0.25) is 0 Å². The van der Waals surface area contributed by atoms with E-state index >= 15 is 0 Å². The molecule has 0 aromatic rings. The molecule has 0 amide bonds. The number of hydrogen-bond acceptors (Lipinski definition) is 2. The van der Waals surface area contributed by atoms with Gasteiger partial charge in [0.2, 0.25) is 0 Å². The highest BCUT2D eigenvalue weighted by Crippen LogP contribution is 2.66. The van der Waals surface area contributed by atoms with Crippen LogP contribution in [0.4, 0.5) is 0 Å². The maximum Gasteiger partial charge on any atom is 0.0953 e. The summed E-state index contributed by atoms with van der Waals surface area (Å²) in [6.07, 6.45) is 14.7. The molecule has 3 aliphatic rings. The van der Waals surface area contributed by atoms with Crippen LogP contribution in [0.5, 0.6) is 0 Å². The van der Waals surface area contributed by atoms with Gasteiger partial charge in [-0.05, 0) is 69.3 Å². The number of aliphatic hydroxyl groups is 1. The predicted molar refractivity (Wildman–Crippen MR) is 99.9 cm³/mol. The van der Waals surface area contributed by atoms with Crippen molar-refractivity contribution < 1.29 is 9.84 Å². The van der Waals surface area contributed by atoms with Crippen molar-refractivity contribution in [2.24, 2.45) is 16.7 Å². The van der Waals surface area contributed by atoms with E-state index in [1.165, 1.54) is 31.3 Å². The Morgan fingerprint density at radius 2 is 1.88 bits per heavy atom. The van der Waals surface area contributed by atoms with Crippen LogP contribution in [0.1, 0.15) is 79.6 Å². The second-order valence-electron chi connectivity index (χ2n) is 9.67. The second kappa shape index (κ2) is 5.99. The molecule has 0 bridgehead atoms. The van der Waals surface area contributed by atoms with Gasteiger partial charge in [0.25, 0.3) is 0 Å². The van der Waals surface area contributed by atoms with Gasteiger partial charge in [0, 0.05) is 5.41 Å². The fraction of sp³-hybridized carbons (Fsp3) is 0.818. The molecule has 2 aliphatic carbocycles. The van der Waals surface area contributed by atoms with Crippen molar-refractivity contribution in [3.8, 4) is 0 Å². The summed E-state index contributed by atoms with van der Waals surface area (Å²) in [6.45, 7) is 12.1. The van der Waals surface area contributed by atoms with Crippen LogP contribution in [0.2, 0.25) is 0 Å². The summed E-state index contributed by atoms with van der Waals surface area (Å²) >= 11 is 0. The van der Waals surface area contributed by atoms with E-state index in [-0.39, 0.29) is 23.2 Å². The quantitative estimate of drug-likeness (QED) is 0.700. The van der Waals surface area contributed by atoms with E-state index in [2.05, 4.69) is 46.8 Å². The molecule has 0 aromatic heterocycles. The van der Waals surface area contributed by atoms with Gasteiger partial charge in [0.15, 0.2) is 0 Å². The molecule has 24 heavy (non-hydrogen) atoms. The SMILES string of the molecule is CC1=CC[C@H]2C(C)(C)CCC[C@]2(C)[C@@]12CC[C@@](C)(C/C=C/CO)O2. The molecule has 2 heteroatoms. The first kappa shape index (κ1) is 18.2. The number of ether oxygens (including phenoxy) is 1. The molecule has 1 heterocycles. The Hall–Kier alpha value is -0.600. The normalized spacial score (nSPS) is 44.8. The molecule has 1 saturated carbocycles. The topological polar surface area (TPSA) is 29.5 Å². The number of aliphatic hydroxyl groups excluding tert-OH is 1. The maximum atomic E-state index is 9.02. The zero-order valence-electron chi connectivity index (χ0n) is 16.3. The summed E-state index contributed by atoms with van der Waals surface area (Å²) in [5.74, 6) is 0.706. The molecule has 0 aromatic carbocycles. The summed E-state index contributed by atoms with van der Waals surface area (Å²) in [6, 6.07) is 0. The highest BCUT2D eigenvalue weighted by molar-refractivity contribution is 5.30. The smallest absolute Gasteiger partial charge is 0.0953 e. The molecule has 3 rings (SSSR count). The summed E-state index contributed by atoms with van der Waals surface area (Å²) in [5, 5.41) is 9.02. The summed E-state index contributed by atoms with van der Waals surface area (Å²) in [5.41, 5.74) is 1.92. The molecule has 1 N–H and O–H groups in total. The van der Waals surface area contributed by atoms with Gasteiger partial charge in [0.05, 0.1) is 17.8 Å². The molecule has 2 nitrogen and oxygen atoms in total. The molecule has 1 spiro atoms. The van der Waals surface area contributed by atoms with Gasteiger partial charge in [-0.2, -0.15) is 0 Å². The third-order valence-electron chi connectivity index (χ3n) is 7.70. The molecular formula is C22H36O2. The number of rotatable bonds is 3. The Kier molecular flexibility index (Phi) is 4.54. The van der Waals surface area contributed by atoms with Crippen molar-refractivity contribution in [2.75, 3.05) is 6.61 Å². The van der Waals surface area contributed by atoms with Gasteiger partial charge >= 0.3 is 0 Å². The Balaban J connectivity index is 1.95. The standard InChI is InChI=1S/C22H36O2/c1-17-9-10-18-19(2,3)11-8-13-21(18,5)22(17)15-14-20(4,24-22)12-6-7-16-23/h6-7,9,18,23H,8,10-16H2,1-5H3/b7-6+/t18-,20+,21-,22+/m0/s1. The van der Waals surface area contributed by atoms with E-state index < -0.39 is 0 Å². The van der Waals surface area contributed by atoms with Crippen LogP contribution in [-0.4, -0.2) is 22.9 Å². The first-order valence-electron chi connectivity index (χ1n) is 9.82. The highest BCUT2D eigenvalue weighted by Gasteiger charge is 2.64. The van der Waals surface area contributed by atoms with Crippen LogP contribution in [0.3, 0.4) is 0 Å². The van der Waals surface area contributed by atoms with Crippen LogP contribution >= 0.6 is 0 Å². The van der Waals surface area contributed by atoms with Gasteiger partial charge < -0.3 is 9.84 Å². The molecule has 136 valence electrons. The average Bonchev–Trinajstić information content (AvgIpc) is 2.85. The van der Waals surface area contributed by atoms with Crippen molar-refractivity contribution in [1.82, 2.24) is 0 Å². The van der Waals surface area contributed by atoms with Crippen LogP contribution in [0.15, 0.2) is 23.8 Å². The molecule has 1 saturated heterocycles. The molecular weight excluding hydrogens is 296 g/mol. The van der Waals surface area contributed by atoms with Gasteiger partial charge in [-0.1, -0.05) is 45.4 Å². The third-order valence-corrected chi connectivity index (χ3v) is 7.70. The van der Waals surface area contributed by atoms with Crippen molar-refractivity contribution in [3.05, 3.63) is 23.8 Å². The second-order valence-corrected chi connectivity index (χ2v) is 9.67. The van der Waals surface area contributed by atoms with E-state index in [0.29, 0.717) is 11.3 Å². The summed E-state index contributed by atoms with van der Waals surface area (Å²) in [4.78, 5) is 0. The van der Waals surface area contributed by atoms with E-state index in [1.54, 1.807) is 0 Å². The summed E-state index contributed by atoms with van der Waals surface area (Å²) in [7, 11) is 0. The highest BCUT2D eigenvalue weighted by atomic mass is 16.5. The van der Waals surface area contributed by atoms with E-state index in [0.717, 1.165) is 19.3 Å². The fourth-order valence-electron chi connectivity index (χ4n) is 6.29. The Bertz CT molecular complexity index is 546. The van der Waals surface area contributed by atoms with Crippen molar-refractivity contribution >= 4 is 0 Å². The Morgan fingerprint density at radius 1 is 1.12 bits per heavy atom. The molecule has 1 aliphatic heterocycles. The van der Waals surface area contributed by atoms with Gasteiger partial charge in [0.1, 0.15) is 0 Å². The first-order valence-corrected chi connectivity index (χ1v) is 9.82. The van der Waals surface area contributed by atoms with Crippen molar-refractivity contribution in [1.29, 1.82) is 0 Å². The number of hydrogen-bond donors (Lipinski definition) is 1. The first-order chi connectivity index (χ1) is 11.2. The molecule has 2 fully saturated rings. The van der Waals surface area contributed by atoms with E-state index in [4.69, 9.17) is 9.84 Å². The van der Waals surface area contributed by atoms with E-state index in [9.17, 15) is 0 Å². The minimum atomic E-state index is -0.104. The number of fused-ring (bicyclic) bond motifs is 2. The van der Waals surface area contributed by atoms with Gasteiger partial charge in [-0.25, -0.2) is 0 Å². The minimum Gasteiger partial charge on any atom is -0.392 e. The van der Waals surface area contributed by atoms with Crippen molar-refractivity contribution in [2.45, 2.75) is 90.8 Å². The summed E-state index contributed by atoms with van der Waals surface area (Å²) < 4.78 is 7.00. The predicted octanol–water partition coefficient (Wildman–Crippen LogP) is 5.42. The van der Waals surface area contributed by atoms with Crippen LogP contribution < -0.4 is 0 Å².